The van der Waals surface area contributed by atoms with Gasteiger partial charge in [0.25, 0.3) is 0 Å². The van der Waals surface area contributed by atoms with E-state index in [4.69, 9.17) is 4.74 Å². The van der Waals surface area contributed by atoms with E-state index in [2.05, 4.69) is 5.32 Å². The van der Waals surface area contributed by atoms with Gasteiger partial charge in [0, 0.05) is 5.54 Å². The Kier molecular flexibility index (Phi) is 5.74. The summed E-state index contributed by atoms with van der Waals surface area (Å²) < 4.78 is 31.8. The molecule has 0 aliphatic carbocycles. The number of alkyl carbamates (subject to hydrolysis) is 1. The van der Waals surface area contributed by atoms with E-state index in [0.717, 1.165) is 16.1 Å². The van der Waals surface area contributed by atoms with Crippen molar-refractivity contribution in [2.45, 2.75) is 58.6 Å². The fourth-order valence-electron chi connectivity index (χ4n) is 2.60. The van der Waals surface area contributed by atoms with Gasteiger partial charge in [-0.3, -0.25) is 0 Å². The molecule has 0 aromatic heterocycles. The Morgan fingerprint density at radius 2 is 1.86 bits per heavy atom. The molecular weight excluding hydrogens is 386 g/mol. The van der Waals surface area contributed by atoms with Gasteiger partial charge in [0.05, 0.1) is 6.20 Å². The Bertz CT molecular complexity index is 887. The average Bonchev–Trinajstić information content (AvgIpc) is 2.75. The molecule has 1 amide bonds. The van der Waals surface area contributed by atoms with E-state index in [1.807, 2.05) is 18.6 Å². The number of anilines is 1. The second-order valence-corrected chi connectivity index (χ2v) is 9.80. The number of phenolic OH excluding ortho intramolecular Hbond substituents is 1. The van der Waals surface area contributed by atoms with Crippen LogP contribution in [-0.2, 0) is 21.4 Å². The number of aliphatic hydroxyl groups is 1. The summed E-state index contributed by atoms with van der Waals surface area (Å²) in [5.74, 6) is -0.773. The fourth-order valence-corrected chi connectivity index (χ4v) is 3.66. The van der Waals surface area contributed by atoms with E-state index in [0.29, 0.717) is 12.8 Å². The lowest BCUT2D eigenvalue weighted by atomic mass is 9.95. The molecule has 1 aromatic rings. The highest BCUT2D eigenvalue weighted by atomic mass is 32.2. The van der Waals surface area contributed by atoms with Crippen molar-refractivity contribution < 1.29 is 28.2 Å². The molecule has 0 atom stereocenters. The first kappa shape index (κ1) is 21.7. The van der Waals surface area contributed by atoms with Crippen LogP contribution >= 0.6 is 0 Å². The number of carbonyl (C=O) groups excluding carboxylic acids is 1. The maximum Gasteiger partial charge on any atom is 0.408 e. The van der Waals surface area contributed by atoms with Gasteiger partial charge in [0.2, 0.25) is 5.88 Å². The molecule has 0 radical (unpaired) electrons. The number of hydrogen-bond acceptors (Lipinski definition) is 6. The van der Waals surface area contributed by atoms with Crippen LogP contribution < -0.4 is 14.3 Å². The number of phenols is 1. The Morgan fingerprint density at radius 3 is 2.36 bits per heavy atom. The molecule has 1 aliphatic rings. The van der Waals surface area contributed by atoms with Gasteiger partial charge in [-0.25, -0.2) is 13.8 Å². The van der Waals surface area contributed by atoms with Crippen molar-refractivity contribution in [2.24, 2.45) is 0 Å². The van der Waals surface area contributed by atoms with E-state index >= 15 is 0 Å². The summed E-state index contributed by atoms with van der Waals surface area (Å²) >= 11 is 0. The van der Waals surface area contributed by atoms with Crippen molar-refractivity contribution in [2.75, 3.05) is 4.31 Å². The number of rotatable bonds is 5. The molecule has 10 heteroatoms. The number of aryl methyl sites for hydroxylation is 1. The number of aliphatic hydroxyl groups excluding tert-OH is 1. The molecule has 0 saturated heterocycles. The maximum atomic E-state index is 12.0. The van der Waals surface area contributed by atoms with Crippen LogP contribution in [0.4, 0.5) is 10.5 Å². The third kappa shape index (κ3) is 5.69. The zero-order valence-corrected chi connectivity index (χ0v) is 17.4. The van der Waals surface area contributed by atoms with Crippen LogP contribution in [0, 0.1) is 0 Å². The van der Waals surface area contributed by atoms with Gasteiger partial charge < -0.3 is 20.3 Å². The van der Waals surface area contributed by atoms with Crippen molar-refractivity contribution in [3.63, 3.8) is 0 Å². The molecule has 1 aromatic carbocycles. The zero-order chi connectivity index (χ0) is 21.3. The highest BCUT2D eigenvalue weighted by molar-refractivity contribution is 7.91. The van der Waals surface area contributed by atoms with Crippen LogP contribution in [0.2, 0.25) is 0 Å². The van der Waals surface area contributed by atoms with Gasteiger partial charge in [0.1, 0.15) is 17.0 Å². The zero-order valence-electron chi connectivity index (χ0n) is 16.6. The first-order valence-corrected chi connectivity index (χ1v) is 10.2. The number of benzene rings is 1. The first-order valence-electron chi connectivity index (χ1n) is 8.75. The summed E-state index contributed by atoms with van der Waals surface area (Å²) in [6.07, 6.45) is 1.56. The molecular formula is C18H27N3O6S. The van der Waals surface area contributed by atoms with Crippen molar-refractivity contribution in [3.05, 3.63) is 35.8 Å². The van der Waals surface area contributed by atoms with E-state index in [1.165, 1.54) is 12.1 Å². The summed E-state index contributed by atoms with van der Waals surface area (Å²) in [5, 5.41) is 22.4. The summed E-state index contributed by atoms with van der Waals surface area (Å²) in [7, 11) is -3.97. The van der Waals surface area contributed by atoms with E-state index < -0.39 is 33.3 Å². The number of ether oxygens (including phenoxy) is 1. The monoisotopic (exact) mass is 413 g/mol. The Balaban J connectivity index is 2.04. The molecule has 1 aliphatic heterocycles. The minimum absolute atomic E-state index is 0.0199. The molecule has 156 valence electrons. The van der Waals surface area contributed by atoms with Gasteiger partial charge >= 0.3 is 16.3 Å². The average molecular weight is 413 g/mol. The van der Waals surface area contributed by atoms with Crippen molar-refractivity contribution in [3.8, 4) is 5.75 Å². The molecule has 0 fully saturated rings. The van der Waals surface area contributed by atoms with Crippen LogP contribution in [0.15, 0.2) is 30.3 Å². The van der Waals surface area contributed by atoms with E-state index in [1.54, 1.807) is 26.8 Å². The number of nitrogens with one attached hydrogen (secondary N) is 2. The summed E-state index contributed by atoms with van der Waals surface area (Å²) in [6, 6.07) is 4.59. The minimum atomic E-state index is -3.97. The standard InChI is InChI=1S/C18H27N3O6S/c1-17(2,3)27-16(24)19-18(4,5)9-8-12-6-7-13(14(22)10-12)21-11-15(23)20-28(21,25)26/h6-7,10-11,20,22-23H,8-9H2,1-5H3,(H,19,24). The van der Waals surface area contributed by atoms with Crippen LogP contribution in [0.5, 0.6) is 5.75 Å². The Morgan fingerprint density at radius 1 is 1.21 bits per heavy atom. The van der Waals surface area contributed by atoms with Gasteiger partial charge in [-0.2, -0.15) is 8.42 Å². The number of amides is 1. The lowest BCUT2D eigenvalue weighted by Crippen LogP contribution is -2.46. The smallest absolute Gasteiger partial charge is 0.408 e. The summed E-state index contributed by atoms with van der Waals surface area (Å²) in [5.41, 5.74) is -0.354. The molecule has 0 unspecified atom stereocenters. The number of aromatic hydroxyl groups is 1. The Hall–Kier alpha value is -2.62. The molecule has 0 spiro atoms. The SMILES string of the molecule is CC(C)(CCc1ccc(N2C=C(O)NS2(=O)=O)c(O)c1)NC(=O)OC(C)(C)C. The predicted molar refractivity (Wildman–Crippen MR) is 105 cm³/mol. The van der Waals surface area contributed by atoms with Crippen molar-refractivity contribution in [1.29, 1.82) is 0 Å². The molecule has 1 heterocycles. The maximum absolute atomic E-state index is 12.0. The molecule has 2 rings (SSSR count). The molecule has 0 saturated carbocycles. The normalized spacial score (nSPS) is 16.3. The topological polar surface area (TPSA) is 128 Å². The van der Waals surface area contributed by atoms with Crippen molar-refractivity contribution in [1.82, 2.24) is 10.0 Å². The number of carbonyl (C=O) groups is 1. The highest BCUT2D eigenvalue weighted by Gasteiger charge is 2.30. The van der Waals surface area contributed by atoms with E-state index in [-0.39, 0.29) is 11.4 Å². The van der Waals surface area contributed by atoms with E-state index in [9.17, 15) is 23.4 Å². The van der Waals surface area contributed by atoms with Gasteiger partial charge in [-0.05, 0) is 65.2 Å². The second kappa shape index (κ2) is 7.42. The number of hydrogen-bond donors (Lipinski definition) is 4. The molecule has 0 bridgehead atoms. The van der Waals surface area contributed by atoms with Gasteiger partial charge in [0.15, 0.2) is 0 Å². The minimum Gasteiger partial charge on any atom is -0.506 e. The summed E-state index contributed by atoms with van der Waals surface area (Å²) in [4.78, 5) is 12.0. The highest BCUT2D eigenvalue weighted by Crippen LogP contribution is 2.33. The van der Waals surface area contributed by atoms with Gasteiger partial charge in [-0.1, -0.05) is 6.07 Å². The Labute approximate surface area is 165 Å². The fraction of sp³-hybridized carbons (Fsp3) is 0.500. The predicted octanol–water partition coefficient (Wildman–Crippen LogP) is 2.64. The third-order valence-corrected chi connectivity index (χ3v) is 5.17. The second-order valence-electron chi connectivity index (χ2n) is 8.25. The quantitative estimate of drug-likeness (QED) is 0.587. The number of nitrogens with zero attached hydrogens (tertiary/aromatic N) is 1. The molecule has 4 N–H and O–H groups in total. The van der Waals surface area contributed by atoms with Crippen molar-refractivity contribution >= 4 is 22.0 Å². The molecule has 28 heavy (non-hydrogen) atoms. The third-order valence-electron chi connectivity index (χ3n) is 3.89. The van der Waals surface area contributed by atoms with Crippen LogP contribution in [-0.4, -0.2) is 35.9 Å². The van der Waals surface area contributed by atoms with Crippen LogP contribution in [0.3, 0.4) is 0 Å². The van der Waals surface area contributed by atoms with Crippen LogP contribution in [0.1, 0.15) is 46.6 Å². The van der Waals surface area contributed by atoms with Gasteiger partial charge in [-0.15, -0.1) is 0 Å². The molecule has 9 nitrogen and oxygen atoms in total. The lowest BCUT2D eigenvalue weighted by molar-refractivity contribution is 0.0468. The largest absolute Gasteiger partial charge is 0.506 e. The first-order chi connectivity index (χ1) is 12.7. The summed E-state index contributed by atoms with van der Waals surface area (Å²) in [6.45, 7) is 9.08. The van der Waals surface area contributed by atoms with Crippen LogP contribution in [0.25, 0.3) is 0 Å². The lowest BCUT2D eigenvalue weighted by Gasteiger charge is -2.28.